The maximum absolute atomic E-state index is 12.4. The predicted molar refractivity (Wildman–Crippen MR) is 79.8 cm³/mol. The van der Waals surface area contributed by atoms with E-state index < -0.39 is 10.0 Å². The van der Waals surface area contributed by atoms with Gasteiger partial charge in [-0.15, -0.1) is 0 Å². The SMILES string of the molecule is CN1CCC(NS(=O)(=O)c2ccc3c(c2)CC(=O)N3C)C1. The van der Waals surface area contributed by atoms with Gasteiger partial charge in [0.2, 0.25) is 15.9 Å². The molecule has 1 N–H and O–H groups in total. The minimum atomic E-state index is -3.53. The summed E-state index contributed by atoms with van der Waals surface area (Å²) in [6.07, 6.45) is 1.09. The number of fused-ring (bicyclic) bond motifs is 1. The number of nitrogens with zero attached hydrogens (tertiary/aromatic N) is 2. The molecule has 0 aromatic heterocycles. The van der Waals surface area contributed by atoms with Gasteiger partial charge in [0.15, 0.2) is 0 Å². The Morgan fingerprint density at radius 2 is 2.05 bits per heavy atom. The number of hydrogen-bond donors (Lipinski definition) is 1. The van der Waals surface area contributed by atoms with Crippen LogP contribution in [0.4, 0.5) is 5.69 Å². The molecule has 1 saturated heterocycles. The van der Waals surface area contributed by atoms with Crippen LogP contribution >= 0.6 is 0 Å². The first-order valence-corrected chi connectivity index (χ1v) is 8.45. The van der Waals surface area contributed by atoms with Crippen LogP contribution in [0.15, 0.2) is 23.1 Å². The summed E-state index contributed by atoms with van der Waals surface area (Å²) in [6.45, 7) is 1.63. The molecule has 21 heavy (non-hydrogen) atoms. The van der Waals surface area contributed by atoms with Gasteiger partial charge in [-0.3, -0.25) is 4.79 Å². The molecule has 2 heterocycles. The van der Waals surface area contributed by atoms with Crippen LogP contribution < -0.4 is 9.62 Å². The van der Waals surface area contributed by atoms with Crippen LogP contribution in [0.25, 0.3) is 0 Å². The molecule has 2 aliphatic rings. The van der Waals surface area contributed by atoms with Crippen molar-refractivity contribution in [2.75, 3.05) is 32.1 Å². The lowest BCUT2D eigenvalue weighted by molar-refractivity contribution is -0.117. The number of benzene rings is 1. The zero-order valence-electron chi connectivity index (χ0n) is 12.2. The highest BCUT2D eigenvalue weighted by molar-refractivity contribution is 7.89. The first-order chi connectivity index (χ1) is 9.87. The molecule has 0 saturated carbocycles. The molecule has 7 heteroatoms. The number of rotatable bonds is 3. The molecule has 0 aliphatic carbocycles. The molecule has 114 valence electrons. The highest BCUT2D eigenvalue weighted by Crippen LogP contribution is 2.29. The van der Waals surface area contributed by atoms with Gasteiger partial charge < -0.3 is 9.80 Å². The third-order valence-electron chi connectivity index (χ3n) is 4.15. The van der Waals surface area contributed by atoms with Crippen molar-refractivity contribution in [1.82, 2.24) is 9.62 Å². The second-order valence-electron chi connectivity index (χ2n) is 5.79. The van der Waals surface area contributed by atoms with Crippen LogP contribution in [0.1, 0.15) is 12.0 Å². The van der Waals surface area contributed by atoms with Crippen molar-refractivity contribution < 1.29 is 13.2 Å². The zero-order chi connectivity index (χ0) is 15.2. The summed E-state index contributed by atoms with van der Waals surface area (Å²) in [5.41, 5.74) is 1.56. The first-order valence-electron chi connectivity index (χ1n) is 6.97. The van der Waals surface area contributed by atoms with Gasteiger partial charge in [0, 0.05) is 25.3 Å². The highest BCUT2D eigenvalue weighted by atomic mass is 32.2. The quantitative estimate of drug-likeness (QED) is 0.865. The average molecular weight is 309 g/mol. The molecule has 3 rings (SSSR count). The van der Waals surface area contributed by atoms with E-state index in [9.17, 15) is 13.2 Å². The Morgan fingerprint density at radius 3 is 2.71 bits per heavy atom. The molecular formula is C14H19N3O3S. The number of carbonyl (C=O) groups excluding carboxylic acids is 1. The molecule has 6 nitrogen and oxygen atoms in total. The third-order valence-corrected chi connectivity index (χ3v) is 5.67. The van der Waals surface area contributed by atoms with Gasteiger partial charge in [-0.25, -0.2) is 13.1 Å². The van der Waals surface area contributed by atoms with Gasteiger partial charge >= 0.3 is 0 Å². The van der Waals surface area contributed by atoms with E-state index in [1.807, 2.05) is 7.05 Å². The van der Waals surface area contributed by atoms with Gasteiger partial charge in [-0.2, -0.15) is 0 Å². The van der Waals surface area contributed by atoms with Gasteiger partial charge in [0.1, 0.15) is 0 Å². The highest BCUT2D eigenvalue weighted by Gasteiger charge is 2.28. The lowest BCUT2D eigenvalue weighted by Crippen LogP contribution is -2.36. The molecule has 2 aliphatic heterocycles. The van der Waals surface area contributed by atoms with Crippen LogP contribution in [0.3, 0.4) is 0 Å². The van der Waals surface area contributed by atoms with Crippen molar-refractivity contribution >= 4 is 21.6 Å². The molecule has 1 unspecified atom stereocenters. The fraction of sp³-hybridized carbons (Fsp3) is 0.500. The Bertz CT molecular complexity index is 687. The summed E-state index contributed by atoms with van der Waals surface area (Å²) in [7, 11) is 0.151. The van der Waals surface area contributed by atoms with Gasteiger partial charge in [-0.1, -0.05) is 0 Å². The van der Waals surface area contributed by atoms with E-state index in [0.29, 0.717) is 0 Å². The van der Waals surface area contributed by atoms with Crippen molar-refractivity contribution in [3.63, 3.8) is 0 Å². The van der Waals surface area contributed by atoms with Crippen molar-refractivity contribution in [2.24, 2.45) is 0 Å². The number of amides is 1. The standard InChI is InChI=1S/C14H19N3O3S/c1-16-6-5-11(9-16)15-21(19,20)12-3-4-13-10(7-12)8-14(18)17(13)2/h3-4,7,11,15H,5-6,8-9H2,1-2H3. The smallest absolute Gasteiger partial charge is 0.240 e. The summed E-state index contributed by atoms with van der Waals surface area (Å²) in [6, 6.07) is 4.83. The van der Waals surface area contributed by atoms with E-state index in [1.165, 1.54) is 0 Å². The number of likely N-dealkylation sites (N-methyl/N-ethyl adjacent to an activating group) is 2. The average Bonchev–Trinajstić information content (AvgIpc) is 2.93. The Kier molecular flexibility index (Phi) is 3.51. The largest absolute Gasteiger partial charge is 0.315 e. The summed E-state index contributed by atoms with van der Waals surface area (Å²) >= 11 is 0. The number of likely N-dealkylation sites (tertiary alicyclic amines) is 1. The normalized spacial score (nSPS) is 22.9. The van der Waals surface area contributed by atoms with E-state index in [-0.39, 0.29) is 23.3 Å². The van der Waals surface area contributed by atoms with E-state index in [0.717, 1.165) is 30.8 Å². The maximum atomic E-state index is 12.4. The maximum Gasteiger partial charge on any atom is 0.240 e. The van der Waals surface area contributed by atoms with Crippen molar-refractivity contribution in [1.29, 1.82) is 0 Å². The number of anilines is 1. The zero-order valence-corrected chi connectivity index (χ0v) is 13.0. The topological polar surface area (TPSA) is 69.7 Å². The van der Waals surface area contributed by atoms with Crippen molar-refractivity contribution in [3.05, 3.63) is 23.8 Å². The molecule has 1 aromatic rings. The number of nitrogens with one attached hydrogen (secondary N) is 1. The second-order valence-corrected chi connectivity index (χ2v) is 7.50. The molecule has 1 aromatic carbocycles. The monoisotopic (exact) mass is 309 g/mol. The van der Waals surface area contributed by atoms with Gasteiger partial charge in [0.25, 0.3) is 0 Å². The number of hydrogen-bond acceptors (Lipinski definition) is 4. The second kappa shape index (κ2) is 5.08. The summed E-state index contributed by atoms with van der Waals surface area (Å²) in [4.78, 5) is 15.6. The minimum Gasteiger partial charge on any atom is -0.315 e. The Hall–Kier alpha value is -1.44. The predicted octanol–water partition coefficient (Wildman–Crippen LogP) is 0.188. The van der Waals surface area contributed by atoms with Crippen LogP contribution in [-0.2, 0) is 21.2 Å². The Balaban J connectivity index is 1.84. The lowest BCUT2D eigenvalue weighted by Gasteiger charge is -2.14. The van der Waals surface area contributed by atoms with Crippen LogP contribution in [0.5, 0.6) is 0 Å². The summed E-state index contributed by atoms with van der Waals surface area (Å²) in [5.74, 6) is -0.00933. The third kappa shape index (κ3) is 2.68. The van der Waals surface area contributed by atoms with Gasteiger partial charge in [0.05, 0.1) is 11.3 Å². The number of sulfonamides is 1. The van der Waals surface area contributed by atoms with Gasteiger partial charge in [-0.05, 0) is 43.8 Å². The van der Waals surface area contributed by atoms with E-state index in [1.54, 1.807) is 30.1 Å². The van der Waals surface area contributed by atoms with Crippen molar-refractivity contribution in [3.8, 4) is 0 Å². The van der Waals surface area contributed by atoms with Crippen molar-refractivity contribution in [2.45, 2.75) is 23.8 Å². The van der Waals surface area contributed by atoms with Crippen LogP contribution in [0.2, 0.25) is 0 Å². The first kappa shape index (κ1) is 14.5. The molecular weight excluding hydrogens is 290 g/mol. The van der Waals surface area contributed by atoms with Crippen LogP contribution in [0, 0.1) is 0 Å². The molecule has 0 radical (unpaired) electrons. The summed E-state index contributed by atoms with van der Waals surface area (Å²) < 4.78 is 27.6. The molecule has 1 fully saturated rings. The Morgan fingerprint density at radius 1 is 1.29 bits per heavy atom. The van der Waals surface area contributed by atoms with E-state index in [4.69, 9.17) is 0 Å². The molecule has 1 amide bonds. The lowest BCUT2D eigenvalue weighted by atomic mass is 10.2. The number of carbonyl (C=O) groups is 1. The molecule has 1 atom stereocenters. The van der Waals surface area contributed by atoms with E-state index >= 15 is 0 Å². The fourth-order valence-electron chi connectivity index (χ4n) is 2.93. The molecule has 0 bridgehead atoms. The molecule has 0 spiro atoms. The minimum absolute atomic E-state index is 0.00933. The summed E-state index contributed by atoms with van der Waals surface area (Å²) in [5, 5.41) is 0. The van der Waals surface area contributed by atoms with Crippen LogP contribution in [-0.4, -0.2) is 52.5 Å². The van der Waals surface area contributed by atoms with E-state index in [2.05, 4.69) is 9.62 Å². The fourth-order valence-corrected chi connectivity index (χ4v) is 4.24. The Labute approximate surface area is 124 Å².